The minimum atomic E-state index is -0.582. The Labute approximate surface area is 231 Å². The number of nitrogens with one attached hydrogen (secondary N) is 1. The number of rotatable bonds is 7. The Morgan fingerprint density at radius 2 is 1.84 bits per heavy atom. The highest BCUT2D eigenvalue weighted by Gasteiger charge is 2.35. The van der Waals surface area contributed by atoms with Crippen LogP contribution in [0.1, 0.15) is 22.3 Å². The first-order valence-corrected chi connectivity index (χ1v) is 13.1. The van der Waals surface area contributed by atoms with Crippen molar-refractivity contribution in [3.63, 3.8) is 0 Å². The lowest BCUT2D eigenvalue weighted by molar-refractivity contribution is -0.123. The normalized spacial score (nSPS) is 14.4. The molecule has 0 radical (unpaired) electrons. The summed E-state index contributed by atoms with van der Waals surface area (Å²) in [4.78, 5) is 38.7. The standard InChI is InChI=1S/C27H21BrClFN2O4S/c1-15-10-20(28)23(11-16(15)2)31-25(33)14-36-18-8-6-17(7-9-18)12-24-26(34)32(27(35)37-24)13-19-21(29)4-3-5-22(19)30/h3-12H,13-14H2,1-2H3,(H,31,33). The number of halogens is 3. The van der Waals surface area contributed by atoms with Crippen molar-refractivity contribution in [2.75, 3.05) is 11.9 Å². The summed E-state index contributed by atoms with van der Waals surface area (Å²) in [6, 6.07) is 14.7. The third-order valence-electron chi connectivity index (χ3n) is 5.66. The van der Waals surface area contributed by atoms with Crippen LogP contribution in [-0.4, -0.2) is 28.6 Å². The maximum Gasteiger partial charge on any atom is 0.293 e. The molecular formula is C27H21BrClFN2O4S. The van der Waals surface area contributed by atoms with Gasteiger partial charge >= 0.3 is 0 Å². The molecule has 0 unspecified atom stereocenters. The number of ether oxygens (including phenoxy) is 1. The van der Waals surface area contributed by atoms with Gasteiger partial charge in [0, 0.05) is 15.1 Å². The summed E-state index contributed by atoms with van der Waals surface area (Å²) in [5.74, 6) is -0.948. The van der Waals surface area contributed by atoms with Gasteiger partial charge < -0.3 is 10.1 Å². The van der Waals surface area contributed by atoms with E-state index in [0.29, 0.717) is 17.0 Å². The van der Waals surface area contributed by atoms with E-state index in [9.17, 15) is 18.8 Å². The van der Waals surface area contributed by atoms with Crippen LogP contribution in [0.4, 0.5) is 14.9 Å². The Bertz CT molecular complexity index is 1410. The Morgan fingerprint density at radius 3 is 2.54 bits per heavy atom. The van der Waals surface area contributed by atoms with E-state index in [2.05, 4.69) is 21.2 Å². The van der Waals surface area contributed by atoms with Crippen molar-refractivity contribution in [1.29, 1.82) is 0 Å². The zero-order chi connectivity index (χ0) is 26.7. The second kappa shape index (κ2) is 11.5. The van der Waals surface area contributed by atoms with Gasteiger partial charge in [-0.05, 0) is 101 Å². The first-order valence-electron chi connectivity index (χ1n) is 11.1. The Kier molecular flexibility index (Phi) is 8.36. The number of carbonyl (C=O) groups is 3. The molecule has 3 amide bonds. The van der Waals surface area contributed by atoms with E-state index in [4.69, 9.17) is 16.3 Å². The molecule has 10 heteroatoms. The Hall–Kier alpha value is -3.14. The Balaban J connectivity index is 1.36. The maximum absolute atomic E-state index is 14.1. The molecular weight excluding hydrogens is 583 g/mol. The number of amides is 3. The van der Waals surface area contributed by atoms with Crippen molar-refractivity contribution in [3.8, 4) is 5.75 Å². The molecule has 0 aromatic heterocycles. The summed E-state index contributed by atoms with van der Waals surface area (Å²) in [5, 5.41) is 2.46. The number of nitrogens with zero attached hydrogens (tertiary/aromatic N) is 1. The first-order chi connectivity index (χ1) is 17.6. The van der Waals surface area contributed by atoms with Gasteiger partial charge in [0.25, 0.3) is 17.1 Å². The predicted octanol–water partition coefficient (Wildman–Crippen LogP) is 7.11. The molecule has 0 atom stereocenters. The number of hydrogen-bond acceptors (Lipinski definition) is 5. The third kappa shape index (κ3) is 6.41. The fraction of sp³-hybridized carbons (Fsp3) is 0.148. The van der Waals surface area contributed by atoms with Crippen LogP contribution in [0.3, 0.4) is 0 Å². The lowest BCUT2D eigenvalue weighted by atomic mass is 10.1. The second-order valence-electron chi connectivity index (χ2n) is 8.29. The largest absolute Gasteiger partial charge is 0.484 e. The van der Waals surface area contributed by atoms with Crippen LogP contribution in [-0.2, 0) is 16.1 Å². The molecule has 6 nitrogen and oxygen atoms in total. The molecule has 1 N–H and O–H groups in total. The van der Waals surface area contributed by atoms with Gasteiger partial charge in [-0.15, -0.1) is 0 Å². The maximum atomic E-state index is 14.1. The van der Waals surface area contributed by atoms with Gasteiger partial charge in [0.05, 0.1) is 17.1 Å². The molecule has 1 heterocycles. The topological polar surface area (TPSA) is 75.7 Å². The fourth-order valence-electron chi connectivity index (χ4n) is 3.50. The molecule has 37 heavy (non-hydrogen) atoms. The van der Waals surface area contributed by atoms with E-state index in [0.717, 1.165) is 32.3 Å². The SMILES string of the molecule is Cc1cc(Br)c(NC(=O)COc2ccc(C=C3SC(=O)N(Cc4c(F)cccc4Cl)C3=O)cc2)cc1C. The van der Waals surface area contributed by atoms with Gasteiger partial charge in [-0.3, -0.25) is 19.3 Å². The van der Waals surface area contributed by atoms with E-state index < -0.39 is 17.0 Å². The summed E-state index contributed by atoms with van der Waals surface area (Å²) in [7, 11) is 0. The fourth-order valence-corrected chi connectivity index (χ4v) is 5.12. The number of anilines is 1. The van der Waals surface area contributed by atoms with Gasteiger partial charge in [0.15, 0.2) is 6.61 Å². The van der Waals surface area contributed by atoms with E-state index >= 15 is 0 Å². The highest BCUT2D eigenvalue weighted by Crippen LogP contribution is 2.35. The molecule has 0 saturated carbocycles. The highest BCUT2D eigenvalue weighted by molar-refractivity contribution is 9.10. The van der Waals surface area contributed by atoms with Crippen LogP contribution in [0.25, 0.3) is 6.08 Å². The quantitative estimate of drug-likeness (QED) is 0.291. The zero-order valence-electron chi connectivity index (χ0n) is 19.8. The van der Waals surface area contributed by atoms with Crippen molar-refractivity contribution in [3.05, 3.63) is 97.1 Å². The van der Waals surface area contributed by atoms with Gasteiger partial charge in [0.2, 0.25) is 0 Å². The summed E-state index contributed by atoms with van der Waals surface area (Å²) in [5.41, 5.74) is 3.58. The molecule has 0 spiro atoms. The molecule has 1 fully saturated rings. The molecule has 0 bridgehead atoms. The van der Waals surface area contributed by atoms with Crippen molar-refractivity contribution >= 4 is 68.1 Å². The zero-order valence-corrected chi connectivity index (χ0v) is 23.0. The monoisotopic (exact) mass is 602 g/mol. The number of thioether (sulfide) groups is 1. The van der Waals surface area contributed by atoms with E-state index in [-0.39, 0.29) is 34.6 Å². The highest BCUT2D eigenvalue weighted by atomic mass is 79.9. The molecule has 1 saturated heterocycles. The summed E-state index contributed by atoms with van der Waals surface area (Å²) >= 11 is 10.3. The van der Waals surface area contributed by atoms with Gasteiger partial charge in [0.1, 0.15) is 11.6 Å². The summed E-state index contributed by atoms with van der Waals surface area (Å²) < 4.78 is 20.5. The summed E-state index contributed by atoms with van der Waals surface area (Å²) in [6.45, 7) is 3.53. The number of benzene rings is 3. The molecule has 4 rings (SSSR count). The number of hydrogen-bond donors (Lipinski definition) is 1. The van der Waals surface area contributed by atoms with Gasteiger partial charge in [-0.1, -0.05) is 29.8 Å². The molecule has 3 aromatic rings. The van der Waals surface area contributed by atoms with Gasteiger partial charge in [-0.2, -0.15) is 0 Å². The second-order valence-corrected chi connectivity index (χ2v) is 10.5. The van der Waals surface area contributed by atoms with E-state index in [1.165, 1.54) is 18.2 Å². The molecule has 3 aromatic carbocycles. The van der Waals surface area contributed by atoms with Crippen molar-refractivity contribution in [2.24, 2.45) is 0 Å². The average molecular weight is 604 g/mol. The lowest BCUT2D eigenvalue weighted by Gasteiger charge is -2.14. The minimum Gasteiger partial charge on any atom is -0.484 e. The molecule has 1 aliphatic rings. The third-order valence-corrected chi connectivity index (χ3v) is 7.57. The van der Waals surface area contributed by atoms with Crippen molar-refractivity contribution < 1.29 is 23.5 Å². The number of aryl methyl sites for hydroxylation is 2. The van der Waals surface area contributed by atoms with E-state index in [1.807, 2.05) is 26.0 Å². The molecule has 1 aliphatic heterocycles. The predicted molar refractivity (Wildman–Crippen MR) is 147 cm³/mol. The van der Waals surface area contributed by atoms with Gasteiger partial charge in [-0.25, -0.2) is 4.39 Å². The average Bonchev–Trinajstić information content (AvgIpc) is 3.11. The number of imide groups is 1. The van der Waals surface area contributed by atoms with Crippen molar-refractivity contribution in [2.45, 2.75) is 20.4 Å². The van der Waals surface area contributed by atoms with Crippen LogP contribution in [0.5, 0.6) is 5.75 Å². The minimum absolute atomic E-state index is 0.0862. The molecule has 0 aliphatic carbocycles. The number of carbonyl (C=O) groups excluding carboxylic acids is 3. The van der Waals surface area contributed by atoms with Crippen molar-refractivity contribution in [1.82, 2.24) is 4.90 Å². The molecule has 190 valence electrons. The smallest absolute Gasteiger partial charge is 0.293 e. The summed E-state index contributed by atoms with van der Waals surface area (Å²) in [6.07, 6.45) is 1.57. The first kappa shape index (κ1) is 26.9. The van der Waals surface area contributed by atoms with Crippen LogP contribution in [0.2, 0.25) is 5.02 Å². The van der Waals surface area contributed by atoms with Crippen LogP contribution in [0, 0.1) is 19.7 Å². The van der Waals surface area contributed by atoms with E-state index in [1.54, 1.807) is 30.3 Å². The van der Waals surface area contributed by atoms with Crippen LogP contribution in [0.15, 0.2) is 64.0 Å². The van der Waals surface area contributed by atoms with Crippen LogP contribution >= 0.6 is 39.3 Å². The lowest BCUT2D eigenvalue weighted by Crippen LogP contribution is -2.28. The Morgan fingerprint density at radius 1 is 1.14 bits per heavy atom. The van der Waals surface area contributed by atoms with Crippen LogP contribution < -0.4 is 10.1 Å².